The van der Waals surface area contributed by atoms with Gasteiger partial charge in [-0.1, -0.05) is 54.6 Å². The normalized spacial score (nSPS) is 11.5. The molecule has 9 heteroatoms. The lowest BCUT2D eigenvalue weighted by atomic mass is 10.1. The molecule has 0 aromatic heterocycles. The summed E-state index contributed by atoms with van der Waals surface area (Å²) in [5, 5.41) is 16.6. The number of hydrogen-bond donors (Lipinski definition) is 1. The molecule has 0 atom stereocenters. The van der Waals surface area contributed by atoms with E-state index in [2.05, 4.69) is 9.93 Å². The van der Waals surface area contributed by atoms with Gasteiger partial charge in [0, 0.05) is 17.7 Å². The van der Waals surface area contributed by atoms with Crippen molar-refractivity contribution >= 4 is 32.7 Å². The second-order valence-electron chi connectivity index (χ2n) is 7.12. The number of nitro benzene ring substituents is 1. The van der Waals surface area contributed by atoms with Crippen LogP contribution in [0, 0.1) is 10.1 Å². The molecular weight excluding hydrogens is 442 g/mol. The summed E-state index contributed by atoms with van der Waals surface area (Å²) in [5.74, 6) is 0.456. The Labute approximate surface area is 190 Å². The van der Waals surface area contributed by atoms with Crippen LogP contribution in [0.4, 0.5) is 5.69 Å². The minimum atomic E-state index is -3.86. The summed E-state index contributed by atoms with van der Waals surface area (Å²) >= 11 is 0. The molecule has 4 aromatic carbocycles. The topological polar surface area (TPSA) is 111 Å². The molecule has 0 bridgehead atoms. The number of nitrogens with one attached hydrogen (secondary N) is 1. The average Bonchev–Trinajstić information content (AvgIpc) is 2.83. The Morgan fingerprint density at radius 2 is 1.67 bits per heavy atom. The summed E-state index contributed by atoms with van der Waals surface area (Å²) in [7, 11) is -3.86. The van der Waals surface area contributed by atoms with E-state index in [4.69, 9.17) is 4.74 Å². The van der Waals surface area contributed by atoms with Crippen LogP contribution in [0.15, 0.2) is 101 Å². The molecule has 0 unspecified atom stereocenters. The summed E-state index contributed by atoms with van der Waals surface area (Å²) in [5.41, 5.74) is 1.16. The average molecular weight is 461 g/mol. The Morgan fingerprint density at radius 1 is 0.909 bits per heavy atom. The first kappa shape index (κ1) is 22.0. The molecule has 4 aromatic rings. The molecule has 1 N–H and O–H groups in total. The Morgan fingerprint density at radius 3 is 2.48 bits per heavy atom. The van der Waals surface area contributed by atoms with Crippen molar-refractivity contribution in [2.75, 3.05) is 0 Å². The highest BCUT2D eigenvalue weighted by molar-refractivity contribution is 7.89. The molecule has 0 amide bonds. The molecule has 0 saturated carbocycles. The van der Waals surface area contributed by atoms with E-state index < -0.39 is 14.9 Å². The van der Waals surface area contributed by atoms with Crippen molar-refractivity contribution in [1.82, 2.24) is 4.83 Å². The third-order valence-electron chi connectivity index (χ3n) is 4.84. The smallest absolute Gasteiger partial charge is 0.276 e. The zero-order valence-corrected chi connectivity index (χ0v) is 18.1. The minimum absolute atomic E-state index is 0.0194. The molecule has 0 aliphatic rings. The van der Waals surface area contributed by atoms with Crippen LogP contribution < -0.4 is 9.57 Å². The number of para-hydroxylation sites is 1. The maximum Gasteiger partial charge on any atom is 0.276 e. The van der Waals surface area contributed by atoms with Gasteiger partial charge in [0.2, 0.25) is 0 Å². The molecule has 0 aliphatic carbocycles. The summed E-state index contributed by atoms with van der Waals surface area (Å²) in [6.07, 6.45) is 1.35. The van der Waals surface area contributed by atoms with Crippen LogP contribution >= 0.6 is 0 Å². The Bertz CT molecular complexity index is 1450. The van der Waals surface area contributed by atoms with Crippen LogP contribution in [0.3, 0.4) is 0 Å². The number of nitro groups is 1. The molecule has 0 spiro atoms. The maximum absolute atomic E-state index is 12.6. The Hall–Kier alpha value is -4.24. The predicted octanol–water partition coefficient (Wildman–Crippen LogP) is 4.64. The molecule has 4 rings (SSSR count). The summed E-state index contributed by atoms with van der Waals surface area (Å²) < 4.78 is 31.1. The van der Waals surface area contributed by atoms with E-state index in [1.54, 1.807) is 48.5 Å². The molecule has 0 heterocycles. The van der Waals surface area contributed by atoms with Crippen LogP contribution in [0.25, 0.3) is 10.8 Å². The molecule has 0 fully saturated rings. The van der Waals surface area contributed by atoms with Gasteiger partial charge in [-0.05, 0) is 40.6 Å². The molecule has 0 radical (unpaired) electrons. The number of hydrogen-bond acceptors (Lipinski definition) is 6. The van der Waals surface area contributed by atoms with Crippen LogP contribution in [-0.4, -0.2) is 19.6 Å². The van der Waals surface area contributed by atoms with Gasteiger partial charge in [-0.2, -0.15) is 13.5 Å². The fourth-order valence-electron chi connectivity index (χ4n) is 3.19. The van der Waals surface area contributed by atoms with Gasteiger partial charge in [-0.25, -0.2) is 4.83 Å². The van der Waals surface area contributed by atoms with Crippen LogP contribution in [0.1, 0.15) is 11.1 Å². The maximum atomic E-state index is 12.6. The lowest BCUT2D eigenvalue weighted by Crippen LogP contribution is -2.18. The van der Waals surface area contributed by atoms with Crippen molar-refractivity contribution < 1.29 is 18.1 Å². The lowest BCUT2D eigenvalue weighted by molar-refractivity contribution is -0.384. The molecule has 8 nitrogen and oxygen atoms in total. The van der Waals surface area contributed by atoms with Crippen LogP contribution in [-0.2, 0) is 16.6 Å². The van der Waals surface area contributed by atoms with Gasteiger partial charge in [-0.15, -0.1) is 0 Å². The van der Waals surface area contributed by atoms with E-state index in [1.165, 1.54) is 24.4 Å². The van der Waals surface area contributed by atoms with E-state index in [9.17, 15) is 18.5 Å². The number of hydrazone groups is 1. The second kappa shape index (κ2) is 9.49. The zero-order valence-electron chi connectivity index (χ0n) is 17.3. The SMILES string of the molecule is O=[N+]([O-])c1cccc(COc2ccccc2/C=N/NS(=O)(=O)c2ccc3ccccc3c2)c1. The standard InChI is InChI=1S/C24H19N3O5S/c28-27(29)22-10-5-6-18(14-22)17-32-24-11-4-3-9-21(24)16-25-26-33(30,31)23-13-12-19-7-1-2-8-20(19)15-23/h1-16,26H,17H2/b25-16+. The quantitative estimate of drug-likeness (QED) is 0.233. The van der Waals surface area contributed by atoms with Gasteiger partial charge in [0.25, 0.3) is 15.7 Å². The third kappa shape index (κ3) is 5.34. The van der Waals surface area contributed by atoms with Gasteiger partial charge in [0.15, 0.2) is 0 Å². The predicted molar refractivity (Wildman–Crippen MR) is 126 cm³/mol. The number of nitrogens with zero attached hydrogens (tertiary/aromatic N) is 2. The molecule has 0 saturated heterocycles. The van der Waals surface area contributed by atoms with E-state index in [-0.39, 0.29) is 17.2 Å². The highest BCUT2D eigenvalue weighted by Crippen LogP contribution is 2.21. The van der Waals surface area contributed by atoms with Gasteiger partial charge in [-0.3, -0.25) is 10.1 Å². The monoisotopic (exact) mass is 461 g/mol. The van der Waals surface area contributed by atoms with Crippen LogP contribution in [0.2, 0.25) is 0 Å². The van der Waals surface area contributed by atoms with E-state index in [0.717, 1.165) is 10.8 Å². The fourth-order valence-corrected chi connectivity index (χ4v) is 4.02. The highest BCUT2D eigenvalue weighted by atomic mass is 32.2. The van der Waals surface area contributed by atoms with E-state index in [0.29, 0.717) is 16.9 Å². The highest BCUT2D eigenvalue weighted by Gasteiger charge is 2.13. The first-order chi connectivity index (χ1) is 15.9. The van der Waals surface area contributed by atoms with Crippen molar-refractivity contribution in [3.63, 3.8) is 0 Å². The zero-order chi connectivity index (χ0) is 23.3. The minimum Gasteiger partial charge on any atom is -0.488 e. The van der Waals surface area contributed by atoms with Crippen LogP contribution in [0.5, 0.6) is 5.75 Å². The van der Waals surface area contributed by atoms with E-state index >= 15 is 0 Å². The largest absolute Gasteiger partial charge is 0.488 e. The van der Waals surface area contributed by atoms with Gasteiger partial charge in [0.05, 0.1) is 16.0 Å². The van der Waals surface area contributed by atoms with Crippen molar-refractivity contribution in [2.24, 2.45) is 5.10 Å². The summed E-state index contributed by atoms with van der Waals surface area (Å²) in [4.78, 5) is 12.8. The number of non-ortho nitro benzene ring substituents is 1. The van der Waals surface area contributed by atoms with Crippen molar-refractivity contribution in [1.29, 1.82) is 0 Å². The van der Waals surface area contributed by atoms with Gasteiger partial charge >= 0.3 is 0 Å². The molecular formula is C24H19N3O5S. The Balaban J connectivity index is 1.47. The molecule has 33 heavy (non-hydrogen) atoms. The van der Waals surface area contributed by atoms with Crippen molar-refractivity contribution in [3.8, 4) is 5.75 Å². The number of benzene rings is 4. The van der Waals surface area contributed by atoms with Crippen molar-refractivity contribution in [2.45, 2.75) is 11.5 Å². The number of ether oxygens (including phenoxy) is 1. The molecule has 166 valence electrons. The first-order valence-corrected chi connectivity index (χ1v) is 11.4. The van der Waals surface area contributed by atoms with E-state index in [1.807, 2.05) is 24.3 Å². The van der Waals surface area contributed by atoms with Gasteiger partial charge < -0.3 is 4.74 Å². The number of sulfonamides is 1. The summed E-state index contributed by atoms with van der Waals surface area (Å²) in [6, 6.07) is 25.4. The Kier molecular flexibility index (Phi) is 6.32. The van der Waals surface area contributed by atoms with Gasteiger partial charge in [0.1, 0.15) is 12.4 Å². The lowest BCUT2D eigenvalue weighted by Gasteiger charge is -2.09. The number of rotatable bonds is 8. The van der Waals surface area contributed by atoms with Crippen molar-refractivity contribution in [3.05, 3.63) is 112 Å². The second-order valence-corrected chi connectivity index (χ2v) is 8.78. The fraction of sp³-hybridized carbons (Fsp3) is 0.0417. The number of fused-ring (bicyclic) bond motifs is 1. The first-order valence-electron chi connectivity index (χ1n) is 9.91. The third-order valence-corrected chi connectivity index (χ3v) is 6.06. The summed E-state index contributed by atoms with van der Waals surface area (Å²) in [6.45, 7) is 0.106. The molecule has 0 aliphatic heterocycles.